The molecule has 0 aromatic heterocycles. The van der Waals surface area contributed by atoms with Gasteiger partial charge in [-0.3, -0.25) is 4.90 Å². The van der Waals surface area contributed by atoms with Gasteiger partial charge in [0.25, 0.3) is 0 Å². The highest BCUT2D eigenvalue weighted by Gasteiger charge is 2.24. The van der Waals surface area contributed by atoms with Gasteiger partial charge in [-0.05, 0) is 32.6 Å². The lowest BCUT2D eigenvalue weighted by Crippen LogP contribution is -2.30. The van der Waals surface area contributed by atoms with Crippen molar-refractivity contribution in [2.24, 2.45) is 0 Å². The summed E-state index contributed by atoms with van der Waals surface area (Å²) in [5.41, 5.74) is 2.65. The SMILES string of the molecule is CC1=CCCN(CCC=C2CCC(O)C(F)C2)C1. The molecule has 0 aromatic carbocycles. The van der Waals surface area contributed by atoms with Crippen LogP contribution in [-0.4, -0.2) is 41.9 Å². The van der Waals surface area contributed by atoms with Crippen LogP contribution in [0.4, 0.5) is 4.39 Å². The molecule has 18 heavy (non-hydrogen) atoms. The van der Waals surface area contributed by atoms with Crippen LogP contribution in [0.5, 0.6) is 0 Å². The summed E-state index contributed by atoms with van der Waals surface area (Å²) < 4.78 is 13.4. The summed E-state index contributed by atoms with van der Waals surface area (Å²) >= 11 is 0. The van der Waals surface area contributed by atoms with Gasteiger partial charge in [-0.25, -0.2) is 4.39 Å². The zero-order valence-electron chi connectivity index (χ0n) is 11.2. The minimum Gasteiger partial charge on any atom is -0.390 e. The molecule has 0 amide bonds. The largest absolute Gasteiger partial charge is 0.390 e. The van der Waals surface area contributed by atoms with Gasteiger partial charge in [0.2, 0.25) is 0 Å². The highest BCUT2D eigenvalue weighted by atomic mass is 19.1. The van der Waals surface area contributed by atoms with E-state index in [1.54, 1.807) is 0 Å². The molecule has 1 aliphatic carbocycles. The van der Waals surface area contributed by atoms with E-state index in [1.165, 1.54) is 11.1 Å². The van der Waals surface area contributed by atoms with Gasteiger partial charge in [0, 0.05) is 26.1 Å². The second-order valence-electron chi connectivity index (χ2n) is 5.59. The van der Waals surface area contributed by atoms with Crippen LogP contribution < -0.4 is 0 Å². The van der Waals surface area contributed by atoms with E-state index in [-0.39, 0.29) is 0 Å². The normalized spacial score (nSPS) is 32.6. The van der Waals surface area contributed by atoms with Crippen LogP contribution in [0.1, 0.15) is 39.0 Å². The van der Waals surface area contributed by atoms with Gasteiger partial charge in [-0.15, -0.1) is 0 Å². The summed E-state index contributed by atoms with van der Waals surface area (Å²) in [4.78, 5) is 2.46. The lowest BCUT2D eigenvalue weighted by Gasteiger charge is -2.26. The molecular weight excluding hydrogens is 229 g/mol. The molecule has 0 radical (unpaired) electrons. The first-order chi connectivity index (χ1) is 8.65. The molecule has 102 valence electrons. The fraction of sp³-hybridized carbons (Fsp3) is 0.733. The fourth-order valence-corrected chi connectivity index (χ4v) is 2.82. The van der Waals surface area contributed by atoms with E-state index in [1.807, 2.05) is 0 Å². The van der Waals surface area contributed by atoms with Crippen molar-refractivity contribution in [3.8, 4) is 0 Å². The Hall–Kier alpha value is -0.670. The molecule has 0 saturated heterocycles. The van der Waals surface area contributed by atoms with Crippen molar-refractivity contribution in [1.82, 2.24) is 4.90 Å². The molecule has 1 aliphatic heterocycles. The molecule has 2 unspecified atom stereocenters. The molecule has 1 heterocycles. The molecule has 3 heteroatoms. The van der Waals surface area contributed by atoms with Crippen molar-refractivity contribution in [2.75, 3.05) is 19.6 Å². The number of aliphatic hydroxyl groups excluding tert-OH is 1. The van der Waals surface area contributed by atoms with Crippen molar-refractivity contribution in [3.05, 3.63) is 23.3 Å². The Morgan fingerprint density at radius 2 is 2.39 bits per heavy atom. The maximum absolute atomic E-state index is 13.4. The van der Waals surface area contributed by atoms with Crippen molar-refractivity contribution < 1.29 is 9.50 Å². The average Bonchev–Trinajstić information content (AvgIpc) is 2.34. The summed E-state index contributed by atoms with van der Waals surface area (Å²) in [5, 5.41) is 9.34. The second-order valence-corrected chi connectivity index (χ2v) is 5.59. The number of allylic oxidation sites excluding steroid dienone is 1. The highest BCUT2D eigenvalue weighted by molar-refractivity contribution is 5.09. The average molecular weight is 253 g/mol. The molecule has 2 atom stereocenters. The molecular formula is C15H24FNO. The van der Waals surface area contributed by atoms with Crippen LogP contribution in [0.3, 0.4) is 0 Å². The van der Waals surface area contributed by atoms with E-state index in [0.29, 0.717) is 12.8 Å². The van der Waals surface area contributed by atoms with E-state index in [4.69, 9.17) is 0 Å². The molecule has 1 N–H and O–H groups in total. The predicted octanol–water partition coefficient (Wildman–Crippen LogP) is 2.84. The van der Waals surface area contributed by atoms with Gasteiger partial charge in [0.05, 0.1) is 6.10 Å². The summed E-state index contributed by atoms with van der Waals surface area (Å²) in [6, 6.07) is 0. The number of nitrogens with zero attached hydrogens (tertiary/aromatic N) is 1. The Labute approximate surface area is 109 Å². The molecule has 1 saturated carbocycles. The van der Waals surface area contributed by atoms with Gasteiger partial charge >= 0.3 is 0 Å². The number of rotatable bonds is 3. The van der Waals surface area contributed by atoms with Crippen molar-refractivity contribution in [2.45, 2.75) is 51.3 Å². The number of hydrogen-bond acceptors (Lipinski definition) is 2. The van der Waals surface area contributed by atoms with Crippen molar-refractivity contribution in [1.29, 1.82) is 0 Å². The Morgan fingerprint density at radius 1 is 1.56 bits per heavy atom. The molecule has 0 spiro atoms. The first kappa shape index (κ1) is 13.8. The van der Waals surface area contributed by atoms with E-state index in [9.17, 15) is 9.50 Å². The van der Waals surface area contributed by atoms with E-state index < -0.39 is 12.3 Å². The zero-order valence-corrected chi connectivity index (χ0v) is 11.2. The zero-order chi connectivity index (χ0) is 13.0. The second kappa shape index (κ2) is 6.48. The Morgan fingerprint density at radius 3 is 3.11 bits per heavy atom. The van der Waals surface area contributed by atoms with Crippen molar-refractivity contribution in [3.63, 3.8) is 0 Å². The van der Waals surface area contributed by atoms with Crippen LogP contribution in [0.2, 0.25) is 0 Å². The van der Waals surface area contributed by atoms with Crippen LogP contribution >= 0.6 is 0 Å². The third-order valence-corrected chi connectivity index (χ3v) is 3.93. The monoisotopic (exact) mass is 253 g/mol. The van der Waals surface area contributed by atoms with Crippen LogP contribution in [-0.2, 0) is 0 Å². The summed E-state index contributed by atoms with van der Waals surface area (Å²) in [6.45, 7) is 5.47. The molecule has 2 rings (SSSR count). The number of alkyl halides is 1. The molecule has 1 fully saturated rings. The van der Waals surface area contributed by atoms with Crippen LogP contribution in [0.15, 0.2) is 23.3 Å². The molecule has 0 bridgehead atoms. The smallest absolute Gasteiger partial charge is 0.130 e. The van der Waals surface area contributed by atoms with Crippen LogP contribution in [0.25, 0.3) is 0 Å². The minimum absolute atomic E-state index is 0.431. The van der Waals surface area contributed by atoms with Gasteiger partial charge in [-0.1, -0.05) is 23.3 Å². The van der Waals surface area contributed by atoms with E-state index >= 15 is 0 Å². The lowest BCUT2D eigenvalue weighted by molar-refractivity contribution is 0.0581. The predicted molar refractivity (Wildman–Crippen MR) is 72.3 cm³/mol. The Kier molecular flexibility index (Phi) is 4.95. The van der Waals surface area contributed by atoms with Gasteiger partial charge < -0.3 is 5.11 Å². The number of aliphatic hydroxyl groups is 1. The standard InChI is InChI=1S/C15H24FNO/c1-12-4-2-8-17(11-12)9-3-5-13-6-7-15(18)14(16)10-13/h4-5,14-15,18H,2-3,6-11H2,1H3. The quantitative estimate of drug-likeness (QED) is 0.782. The van der Waals surface area contributed by atoms with Crippen LogP contribution in [0, 0.1) is 0 Å². The summed E-state index contributed by atoms with van der Waals surface area (Å²) in [7, 11) is 0. The van der Waals surface area contributed by atoms with Gasteiger partial charge in [-0.2, -0.15) is 0 Å². The Balaban J connectivity index is 1.73. The number of hydrogen-bond donors (Lipinski definition) is 1. The van der Waals surface area contributed by atoms with Crippen molar-refractivity contribution >= 4 is 0 Å². The highest BCUT2D eigenvalue weighted by Crippen LogP contribution is 2.26. The third-order valence-electron chi connectivity index (χ3n) is 3.93. The molecule has 2 aliphatic rings. The van der Waals surface area contributed by atoms with E-state index in [0.717, 1.165) is 38.9 Å². The minimum atomic E-state index is -1.05. The Bertz CT molecular complexity index is 337. The first-order valence-corrected chi connectivity index (χ1v) is 7.03. The fourth-order valence-electron chi connectivity index (χ4n) is 2.82. The third kappa shape index (κ3) is 3.92. The summed E-state index contributed by atoms with van der Waals surface area (Å²) in [6.07, 6.45) is 6.74. The summed E-state index contributed by atoms with van der Waals surface area (Å²) in [5.74, 6) is 0. The maximum Gasteiger partial charge on any atom is 0.130 e. The number of halogens is 1. The van der Waals surface area contributed by atoms with E-state index in [2.05, 4.69) is 24.0 Å². The first-order valence-electron chi connectivity index (χ1n) is 7.03. The van der Waals surface area contributed by atoms with Gasteiger partial charge in [0.1, 0.15) is 6.17 Å². The van der Waals surface area contributed by atoms with Gasteiger partial charge in [0.15, 0.2) is 0 Å². The topological polar surface area (TPSA) is 23.5 Å². The molecule has 2 nitrogen and oxygen atoms in total. The molecule has 0 aromatic rings. The lowest BCUT2D eigenvalue weighted by atomic mass is 9.90. The maximum atomic E-state index is 13.4.